The average Bonchev–Trinajstić information content (AvgIpc) is 2.02. The van der Waals surface area contributed by atoms with Crippen molar-refractivity contribution >= 4 is 0 Å². The molecule has 12 heavy (non-hydrogen) atoms. The van der Waals surface area contributed by atoms with Gasteiger partial charge in [-0.25, -0.2) is 0 Å². The average molecular weight is 158 g/mol. The lowest BCUT2D eigenvalue weighted by atomic mass is 9.95. The molecule has 0 aliphatic heterocycles. The highest BCUT2D eigenvalue weighted by molar-refractivity contribution is 5.51. The number of terminal acetylenes is 1. The van der Waals surface area contributed by atoms with Crippen LogP contribution in [0.5, 0.6) is 0 Å². The summed E-state index contributed by atoms with van der Waals surface area (Å²) in [5, 5.41) is 0. The van der Waals surface area contributed by atoms with Crippen LogP contribution in [0.15, 0.2) is 6.07 Å². The van der Waals surface area contributed by atoms with E-state index >= 15 is 0 Å². The minimum atomic E-state index is 1.06. The lowest BCUT2D eigenvalue weighted by Gasteiger charge is -2.09. The van der Waals surface area contributed by atoms with Gasteiger partial charge in [-0.05, 0) is 49.9 Å². The summed E-state index contributed by atoms with van der Waals surface area (Å²) < 4.78 is 0. The number of benzene rings is 1. The van der Waals surface area contributed by atoms with E-state index in [0.717, 1.165) is 5.56 Å². The van der Waals surface area contributed by atoms with Gasteiger partial charge in [-0.3, -0.25) is 0 Å². The van der Waals surface area contributed by atoms with Crippen LogP contribution in [0.1, 0.15) is 27.8 Å². The normalized spacial score (nSPS) is 9.58. The Morgan fingerprint density at radius 2 is 1.42 bits per heavy atom. The molecule has 0 radical (unpaired) electrons. The zero-order chi connectivity index (χ0) is 9.30. The molecule has 0 saturated carbocycles. The van der Waals surface area contributed by atoms with Crippen LogP contribution in [0.3, 0.4) is 0 Å². The molecular weight excluding hydrogens is 144 g/mol. The van der Waals surface area contributed by atoms with Crippen molar-refractivity contribution in [2.45, 2.75) is 27.7 Å². The highest BCUT2D eigenvalue weighted by Crippen LogP contribution is 2.20. The summed E-state index contributed by atoms with van der Waals surface area (Å²) in [4.78, 5) is 0. The van der Waals surface area contributed by atoms with Crippen molar-refractivity contribution in [3.63, 3.8) is 0 Å². The molecule has 0 N–H and O–H groups in total. The van der Waals surface area contributed by atoms with Gasteiger partial charge in [0.15, 0.2) is 0 Å². The van der Waals surface area contributed by atoms with Crippen LogP contribution in [0.4, 0.5) is 0 Å². The van der Waals surface area contributed by atoms with Crippen molar-refractivity contribution in [2.24, 2.45) is 0 Å². The van der Waals surface area contributed by atoms with E-state index in [-0.39, 0.29) is 0 Å². The Balaban J connectivity index is 3.56. The first kappa shape index (κ1) is 8.87. The predicted octanol–water partition coefficient (Wildman–Crippen LogP) is 2.90. The number of aryl methyl sites for hydroxylation is 2. The third-order valence-corrected chi connectivity index (χ3v) is 2.51. The molecule has 1 rings (SSSR count). The topological polar surface area (TPSA) is 0 Å². The fourth-order valence-electron chi connectivity index (χ4n) is 1.43. The van der Waals surface area contributed by atoms with Gasteiger partial charge in [0.25, 0.3) is 0 Å². The molecule has 0 amide bonds. The molecule has 0 fully saturated rings. The van der Waals surface area contributed by atoms with Crippen LogP contribution < -0.4 is 0 Å². The second-order valence-corrected chi connectivity index (χ2v) is 3.28. The number of hydrogen-bond acceptors (Lipinski definition) is 0. The highest BCUT2D eigenvalue weighted by atomic mass is 14.1. The SMILES string of the molecule is C#Cc1c(C)c(C)cc(C)c1C. The van der Waals surface area contributed by atoms with Gasteiger partial charge in [0, 0.05) is 5.56 Å². The van der Waals surface area contributed by atoms with Gasteiger partial charge in [-0.1, -0.05) is 12.0 Å². The molecule has 0 bridgehead atoms. The molecule has 1 aromatic rings. The van der Waals surface area contributed by atoms with E-state index in [1.807, 2.05) is 0 Å². The molecule has 0 saturated heterocycles. The highest BCUT2D eigenvalue weighted by Gasteiger charge is 2.04. The van der Waals surface area contributed by atoms with E-state index < -0.39 is 0 Å². The molecule has 0 heteroatoms. The second-order valence-electron chi connectivity index (χ2n) is 3.28. The third-order valence-electron chi connectivity index (χ3n) is 2.51. The van der Waals surface area contributed by atoms with Gasteiger partial charge in [0.1, 0.15) is 0 Å². The third kappa shape index (κ3) is 1.23. The van der Waals surface area contributed by atoms with Crippen molar-refractivity contribution < 1.29 is 0 Å². The monoisotopic (exact) mass is 158 g/mol. The smallest absolute Gasteiger partial charge is 0.0306 e. The minimum Gasteiger partial charge on any atom is -0.115 e. The molecule has 0 aliphatic rings. The maximum Gasteiger partial charge on any atom is 0.0306 e. The molecule has 0 aliphatic carbocycles. The zero-order valence-corrected chi connectivity index (χ0v) is 8.15. The van der Waals surface area contributed by atoms with Crippen LogP contribution in [0, 0.1) is 40.0 Å². The lowest BCUT2D eigenvalue weighted by Crippen LogP contribution is -1.94. The van der Waals surface area contributed by atoms with E-state index in [4.69, 9.17) is 6.42 Å². The van der Waals surface area contributed by atoms with Crippen molar-refractivity contribution in [3.05, 3.63) is 33.9 Å². The van der Waals surface area contributed by atoms with Crippen LogP contribution in [0.2, 0.25) is 0 Å². The zero-order valence-electron chi connectivity index (χ0n) is 8.15. The number of hydrogen-bond donors (Lipinski definition) is 0. The van der Waals surface area contributed by atoms with Crippen LogP contribution in [-0.2, 0) is 0 Å². The van der Waals surface area contributed by atoms with Gasteiger partial charge in [0.05, 0.1) is 0 Å². The summed E-state index contributed by atoms with van der Waals surface area (Å²) in [6, 6.07) is 2.19. The maximum atomic E-state index is 5.44. The summed E-state index contributed by atoms with van der Waals surface area (Å²) in [7, 11) is 0. The molecule has 62 valence electrons. The fraction of sp³-hybridized carbons (Fsp3) is 0.333. The fourth-order valence-corrected chi connectivity index (χ4v) is 1.43. The Morgan fingerprint density at radius 1 is 1.00 bits per heavy atom. The largest absolute Gasteiger partial charge is 0.115 e. The maximum absolute atomic E-state index is 5.44. The molecule has 1 aromatic carbocycles. The Bertz CT molecular complexity index is 325. The van der Waals surface area contributed by atoms with E-state index in [1.54, 1.807) is 0 Å². The van der Waals surface area contributed by atoms with Crippen LogP contribution >= 0.6 is 0 Å². The minimum absolute atomic E-state index is 1.06. The summed E-state index contributed by atoms with van der Waals surface area (Å²) in [6.07, 6.45) is 5.44. The van der Waals surface area contributed by atoms with Crippen LogP contribution in [-0.4, -0.2) is 0 Å². The summed E-state index contributed by atoms with van der Waals surface area (Å²) in [6.45, 7) is 8.36. The first-order chi connectivity index (χ1) is 5.57. The Hall–Kier alpha value is -1.22. The van der Waals surface area contributed by atoms with E-state index in [2.05, 4.69) is 39.7 Å². The van der Waals surface area contributed by atoms with Gasteiger partial charge in [-0.15, -0.1) is 6.42 Å². The molecular formula is C12H14. The predicted molar refractivity (Wildman–Crippen MR) is 53.3 cm³/mol. The van der Waals surface area contributed by atoms with E-state index in [0.29, 0.717) is 0 Å². The van der Waals surface area contributed by atoms with Gasteiger partial charge in [0.2, 0.25) is 0 Å². The first-order valence-electron chi connectivity index (χ1n) is 4.12. The summed E-state index contributed by atoms with van der Waals surface area (Å²) in [5.41, 5.74) is 6.10. The molecule has 0 atom stereocenters. The molecule has 0 aromatic heterocycles. The molecule has 0 nitrogen and oxygen atoms in total. The Labute approximate surface area is 74.6 Å². The van der Waals surface area contributed by atoms with Crippen LogP contribution in [0.25, 0.3) is 0 Å². The van der Waals surface area contributed by atoms with Gasteiger partial charge in [-0.2, -0.15) is 0 Å². The van der Waals surface area contributed by atoms with Crippen molar-refractivity contribution in [1.29, 1.82) is 0 Å². The van der Waals surface area contributed by atoms with Gasteiger partial charge < -0.3 is 0 Å². The molecule has 0 unspecified atom stereocenters. The van der Waals surface area contributed by atoms with E-state index in [1.165, 1.54) is 22.3 Å². The van der Waals surface area contributed by atoms with E-state index in [9.17, 15) is 0 Å². The molecule has 0 spiro atoms. The lowest BCUT2D eigenvalue weighted by molar-refractivity contribution is 1.22. The van der Waals surface area contributed by atoms with Gasteiger partial charge >= 0.3 is 0 Å². The summed E-state index contributed by atoms with van der Waals surface area (Å²) in [5.74, 6) is 2.75. The number of rotatable bonds is 0. The Morgan fingerprint density at radius 3 is 1.75 bits per heavy atom. The van der Waals surface area contributed by atoms with Crippen molar-refractivity contribution in [3.8, 4) is 12.3 Å². The van der Waals surface area contributed by atoms with Crippen molar-refractivity contribution in [2.75, 3.05) is 0 Å². The Kier molecular flexibility index (Phi) is 2.24. The summed E-state index contributed by atoms with van der Waals surface area (Å²) >= 11 is 0. The standard InChI is InChI=1S/C12H14/c1-6-12-10(4)8(2)7-9(3)11(12)5/h1,7H,2-5H3. The second kappa shape index (κ2) is 3.03. The molecule has 0 heterocycles. The quantitative estimate of drug-likeness (QED) is 0.509. The first-order valence-corrected chi connectivity index (χ1v) is 4.12. The van der Waals surface area contributed by atoms with Crippen molar-refractivity contribution in [1.82, 2.24) is 0 Å².